The number of aromatic nitrogens is 3. The van der Waals surface area contributed by atoms with Crippen molar-refractivity contribution in [3.8, 4) is 5.88 Å². The lowest BCUT2D eigenvalue weighted by Gasteiger charge is -2.32. The van der Waals surface area contributed by atoms with Gasteiger partial charge < -0.3 is 20.3 Å². The average Bonchev–Trinajstić information content (AvgIpc) is 2.82. The van der Waals surface area contributed by atoms with E-state index in [0.29, 0.717) is 25.0 Å². The molecule has 2 aromatic heterocycles. The number of thioether (sulfide) groups is 1. The number of ether oxygens (including phenoxy) is 1. The van der Waals surface area contributed by atoms with Crippen molar-refractivity contribution in [1.82, 2.24) is 15.0 Å². The first kappa shape index (κ1) is 22.1. The summed E-state index contributed by atoms with van der Waals surface area (Å²) in [5.74, 6) is 2.32. The Bertz CT molecular complexity index is 1040. The molecule has 0 saturated carbocycles. The second-order valence-electron chi connectivity index (χ2n) is 7.64. The molecule has 0 fully saturated rings. The second kappa shape index (κ2) is 10.5. The van der Waals surface area contributed by atoms with Crippen molar-refractivity contribution < 1.29 is 4.74 Å². The third-order valence-electron chi connectivity index (χ3n) is 5.48. The van der Waals surface area contributed by atoms with Gasteiger partial charge in [0.25, 0.3) is 0 Å². The largest absolute Gasteiger partial charge is 0.474 e. The summed E-state index contributed by atoms with van der Waals surface area (Å²) in [6.45, 7) is 8.73. The Balaban J connectivity index is 1.51. The lowest BCUT2D eigenvalue weighted by Crippen LogP contribution is -2.32. The van der Waals surface area contributed by atoms with Crippen LogP contribution in [0.5, 0.6) is 5.88 Å². The van der Waals surface area contributed by atoms with Crippen molar-refractivity contribution in [1.29, 1.82) is 0 Å². The van der Waals surface area contributed by atoms with Crippen LogP contribution in [0.3, 0.4) is 0 Å². The summed E-state index contributed by atoms with van der Waals surface area (Å²) in [7, 11) is 0. The number of pyridine rings is 1. The molecule has 0 atom stereocenters. The highest BCUT2D eigenvalue weighted by Crippen LogP contribution is 2.36. The molecule has 0 radical (unpaired) electrons. The number of hydrogen-bond donors (Lipinski definition) is 2. The van der Waals surface area contributed by atoms with E-state index >= 15 is 0 Å². The fourth-order valence-corrected chi connectivity index (χ4v) is 4.21. The first-order chi connectivity index (χ1) is 15.7. The van der Waals surface area contributed by atoms with Crippen molar-refractivity contribution in [2.24, 2.45) is 4.99 Å². The van der Waals surface area contributed by atoms with Gasteiger partial charge in [-0.05, 0) is 50.1 Å². The fourth-order valence-electron chi connectivity index (χ4n) is 3.84. The van der Waals surface area contributed by atoms with Crippen LogP contribution in [0.1, 0.15) is 23.2 Å². The molecule has 0 aliphatic carbocycles. The summed E-state index contributed by atoms with van der Waals surface area (Å²) >= 11 is 1.82. The third kappa shape index (κ3) is 5.04. The van der Waals surface area contributed by atoms with E-state index < -0.39 is 0 Å². The zero-order valence-electron chi connectivity index (χ0n) is 18.6. The van der Waals surface area contributed by atoms with Gasteiger partial charge in [0.05, 0.1) is 29.8 Å². The van der Waals surface area contributed by atoms with Gasteiger partial charge in [0.2, 0.25) is 11.8 Å². The van der Waals surface area contributed by atoms with E-state index in [1.54, 1.807) is 6.20 Å². The van der Waals surface area contributed by atoms with E-state index in [9.17, 15) is 0 Å². The van der Waals surface area contributed by atoms with Crippen LogP contribution in [-0.4, -0.2) is 53.4 Å². The summed E-state index contributed by atoms with van der Waals surface area (Å²) in [4.78, 5) is 20.1. The van der Waals surface area contributed by atoms with Crippen molar-refractivity contribution in [3.63, 3.8) is 0 Å². The highest BCUT2D eigenvalue weighted by Gasteiger charge is 2.24. The molecule has 8 nitrogen and oxygen atoms in total. The van der Waals surface area contributed by atoms with Gasteiger partial charge in [-0.2, -0.15) is 11.8 Å². The minimum Gasteiger partial charge on any atom is -0.474 e. The second-order valence-corrected chi connectivity index (χ2v) is 8.62. The molecule has 0 saturated heterocycles. The molecule has 2 aliphatic rings. The number of nitrogens with zero attached hydrogens (tertiary/aromatic N) is 5. The number of rotatable bonds is 8. The van der Waals surface area contributed by atoms with E-state index in [0.717, 1.165) is 60.0 Å². The first-order valence-corrected chi connectivity index (χ1v) is 12.1. The van der Waals surface area contributed by atoms with Gasteiger partial charge in [0, 0.05) is 31.0 Å². The average molecular weight is 452 g/mol. The zero-order chi connectivity index (χ0) is 22.3. The van der Waals surface area contributed by atoms with Crippen LogP contribution >= 0.6 is 11.8 Å². The molecule has 2 aromatic rings. The molecule has 2 aliphatic heterocycles. The Morgan fingerprint density at radius 2 is 2.31 bits per heavy atom. The Morgan fingerprint density at radius 3 is 3.16 bits per heavy atom. The maximum absolute atomic E-state index is 5.67. The maximum atomic E-state index is 5.67. The smallest absolute Gasteiger partial charge is 0.237 e. The summed E-state index contributed by atoms with van der Waals surface area (Å²) < 4.78 is 5.67. The predicted octanol–water partition coefficient (Wildman–Crippen LogP) is 3.81. The Morgan fingerprint density at radius 1 is 1.41 bits per heavy atom. The lowest BCUT2D eigenvalue weighted by molar-refractivity contribution is 0.310. The molecule has 0 amide bonds. The standard InChI is InChI=1S/C23H29N7OS/c1-16-20(14-26-22-21(16)25-8-10-31-22)30-9-7-17-12-27-23(29-19(17)15-30)28-18(13-24-2)6-4-5-11-32-3/h4,6,12-14,25H,2,5,7-11,15H2,1,3H3,(H,27,28,29)/b6-4-,18-13+. The number of anilines is 3. The third-order valence-corrected chi connectivity index (χ3v) is 6.12. The molecular formula is C23H29N7OS. The van der Waals surface area contributed by atoms with Gasteiger partial charge in [-0.25, -0.2) is 15.0 Å². The van der Waals surface area contributed by atoms with E-state index in [1.165, 1.54) is 5.56 Å². The van der Waals surface area contributed by atoms with Gasteiger partial charge >= 0.3 is 0 Å². The normalized spacial score (nSPS) is 15.6. The predicted molar refractivity (Wildman–Crippen MR) is 133 cm³/mol. The molecule has 32 heavy (non-hydrogen) atoms. The molecule has 2 N–H and O–H groups in total. The SMILES string of the molecule is C=N/C=C(\C=C/CCSC)Nc1ncc2c(n1)CN(c1cnc3c(c1C)NCCO3)CC2. The minimum absolute atomic E-state index is 0.561. The summed E-state index contributed by atoms with van der Waals surface area (Å²) in [6, 6.07) is 0. The minimum atomic E-state index is 0.561. The monoisotopic (exact) mass is 451 g/mol. The van der Waals surface area contributed by atoms with Crippen molar-refractivity contribution >= 4 is 35.8 Å². The Kier molecular flexibility index (Phi) is 7.26. The quantitative estimate of drug-likeness (QED) is 0.356. The van der Waals surface area contributed by atoms with Crippen LogP contribution in [0.2, 0.25) is 0 Å². The number of fused-ring (bicyclic) bond motifs is 2. The van der Waals surface area contributed by atoms with Crippen LogP contribution in [0.15, 0.2) is 41.4 Å². The van der Waals surface area contributed by atoms with Crippen molar-refractivity contribution in [2.45, 2.75) is 26.3 Å². The molecule has 0 bridgehead atoms. The molecular weight excluding hydrogens is 422 g/mol. The lowest BCUT2D eigenvalue weighted by atomic mass is 10.0. The maximum Gasteiger partial charge on any atom is 0.237 e. The topological polar surface area (TPSA) is 87.6 Å². The van der Waals surface area contributed by atoms with E-state index in [2.05, 4.69) is 56.5 Å². The fraction of sp³-hybridized carbons (Fsp3) is 0.391. The summed E-state index contributed by atoms with van der Waals surface area (Å²) in [6.07, 6.45) is 13.6. The van der Waals surface area contributed by atoms with Gasteiger partial charge in [0.1, 0.15) is 12.3 Å². The van der Waals surface area contributed by atoms with Crippen molar-refractivity contribution in [3.05, 3.63) is 53.3 Å². The highest BCUT2D eigenvalue weighted by atomic mass is 32.2. The van der Waals surface area contributed by atoms with Gasteiger partial charge in [0.15, 0.2) is 0 Å². The van der Waals surface area contributed by atoms with Crippen LogP contribution < -0.4 is 20.3 Å². The number of hydrogen-bond acceptors (Lipinski definition) is 9. The summed E-state index contributed by atoms with van der Waals surface area (Å²) in [5.41, 5.74) is 6.27. The van der Waals surface area contributed by atoms with E-state index in [1.807, 2.05) is 30.2 Å². The summed E-state index contributed by atoms with van der Waals surface area (Å²) in [5, 5.41) is 6.69. The number of allylic oxidation sites excluding steroid dienone is 2. The van der Waals surface area contributed by atoms with Gasteiger partial charge in [-0.1, -0.05) is 6.08 Å². The van der Waals surface area contributed by atoms with E-state index in [4.69, 9.17) is 9.72 Å². The Labute approximate surface area is 193 Å². The molecule has 4 heterocycles. The molecule has 0 unspecified atom stereocenters. The Hall–Kier alpha value is -3.07. The van der Waals surface area contributed by atoms with Crippen LogP contribution in [0.25, 0.3) is 0 Å². The first-order valence-electron chi connectivity index (χ1n) is 10.7. The molecule has 4 rings (SSSR count). The van der Waals surface area contributed by atoms with Gasteiger partial charge in [-0.15, -0.1) is 0 Å². The van der Waals surface area contributed by atoms with Crippen molar-refractivity contribution in [2.75, 3.05) is 47.2 Å². The molecule has 0 aromatic carbocycles. The van der Waals surface area contributed by atoms with E-state index in [-0.39, 0.29) is 0 Å². The van der Waals surface area contributed by atoms with Crippen LogP contribution in [0.4, 0.5) is 17.3 Å². The molecule has 0 spiro atoms. The zero-order valence-corrected chi connectivity index (χ0v) is 19.4. The molecule has 168 valence electrons. The van der Waals surface area contributed by atoms with Crippen LogP contribution in [-0.2, 0) is 13.0 Å². The highest BCUT2D eigenvalue weighted by molar-refractivity contribution is 7.98. The van der Waals surface area contributed by atoms with Crippen LogP contribution in [0, 0.1) is 6.92 Å². The number of nitrogens with one attached hydrogen (secondary N) is 2. The number of aliphatic imine (C=N–C) groups is 1. The van der Waals surface area contributed by atoms with Gasteiger partial charge in [-0.3, -0.25) is 4.99 Å². The molecule has 9 heteroatoms.